The Hall–Kier alpha value is -2.47. The van der Waals surface area contributed by atoms with Crippen LogP contribution in [0.2, 0.25) is 10.0 Å². The summed E-state index contributed by atoms with van der Waals surface area (Å²) in [5, 5.41) is 4.94. The van der Waals surface area contributed by atoms with Crippen molar-refractivity contribution in [3.05, 3.63) is 57.8 Å². The number of methoxy groups -OCH3 is 1. The molecule has 3 rings (SSSR count). The third kappa shape index (κ3) is 5.29. The Morgan fingerprint density at radius 1 is 1.22 bits per heavy atom. The molecule has 0 aliphatic heterocycles. The smallest absolute Gasteiger partial charge is 0.244 e. The summed E-state index contributed by atoms with van der Waals surface area (Å²) in [6, 6.07) is 7.36. The predicted octanol–water partition coefficient (Wildman–Crippen LogP) is 6.19. The second-order valence-electron chi connectivity index (χ2n) is 8.01. The molecular formula is C25H28Cl2N2O3. The lowest BCUT2D eigenvalue weighted by molar-refractivity contribution is -0.116. The van der Waals surface area contributed by atoms with Crippen LogP contribution in [-0.2, 0) is 4.79 Å². The van der Waals surface area contributed by atoms with Crippen LogP contribution in [0, 0.1) is 6.92 Å². The van der Waals surface area contributed by atoms with E-state index in [0.29, 0.717) is 27.9 Å². The lowest BCUT2D eigenvalue weighted by Gasteiger charge is -2.14. The SMILES string of the molecule is COc1c(/C(C)=C/C(=O)NCCCN(C)C)cc2c(-c3ccc(Cl)cc3Cl)coc2c1C. The van der Waals surface area contributed by atoms with Gasteiger partial charge in [0.2, 0.25) is 5.91 Å². The van der Waals surface area contributed by atoms with Gasteiger partial charge in [-0.1, -0.05) is 29.3 Å². The molecule has 3 aromatic rings. The molecule has 0 saturated carbocycles. The van der Waals surface area contributed by atoms with Crippen molar-refractivity contribution in [1.82, 2.24) is 10.2 Å². The molecule has 1 N–H and O–H groups in total. The van der Waals surface area contributed by atoms with E-state index in [1.165, 1.54) is 0 Å². The number of furan rings is 1. The van der Waals surface area contributed by atoms with Crippen molar-refractivity contribution >= 4 is 45.7 Å². The van der Waals surface area contributed by atoms with Gasteiger partial charge < -0.3 is 19.4 Å². The number of halogens is 2. The molecule has 0 saturated heterocycles. The van der Waals surface area contributed by atoms with Crippen molar-refractivity contribution < 1.29 is 13.9 Å². The predicted molar refractivity (Wildman–Crippen MR) is 133 cm³/mol. The molecule has 7 heteroatoms. The fraction of sp³-hybridized carbons (Fsp3) is 0.320. The molecule has 0 unspecified atom stereocenters. The fourth-order valence-corrected chi connectivity index (χ4v) is 4.23. The Bertz CT molecular complexity index is 1170. The first-order chi connectivity index (χ1) is 15.2. The molecule has 0 bridgehead atoms. The first-order valence-electron chi connectivity index (χ1n) is 10.4. The normalized spacial score (nSPS) is 11.9. The van der Waals surface area contributed by atoms with E-state index >= 15 is 0 Å². The van der Waals surface area contributed by atoms with Crippen LogP contribution >= 0.6 is 23.2 Å². The average molecular weight is 475 g/mol. The molecule has 170 valence electrons. The van der Waals surface area contributed by atoms with E-state index in [-0.39, 0.29) is 5.91 Å². The van der Waals surface area contributed by atoms with E-state index in [4.69, 9.17) is 32.4 Å². The van der Waals surface area contributed by atoms with E-state index < -0.39 is 0 Å². The van der Waals surface area contributed by atoms with Crippen LogP contribution in [0.4, 0.5) is 0 Å². The van der Waals surface area contributed by atoms with E-state index in [1.807, 2.05) is 40.1 Å². The van der Waals surface area contributed by atoms with Crippen LogP contribution in [0.15, 0.2) is 41.0 Å². The highest BCUT2D eigenvalue weighted by molar-refractivity contribution is 6.36. The number of benzene rings is 2. The summed E-state index contributed by atoms with van der Waals surface area (Å²) >= 11 is 12.5. The van der Waals surface area contributed by atoms with Gasteiger partial charge >= 0.3 is 0 Å². The number of amides is 1. The number of hydrogen-bond acceptors (Lipinski definition) is 4. The van der Waals surface area contributed by atoms with Crippen molar-refractivity contribution in [2.24, 2.45) is 0 Å². The van der Waals surface area contributed by atoms with Crippen LogP contribution in [-0.4, -0.2) is 45.1 Å². The summed E-state index contributed by atoms with van der Waals surface area (Å²) < 4.78 is 11.6. The van der Waals surface area contributed by atoms with Crippen molar-refractivity contribution in [3.63, 3.8) is 0 Å². The van der Waals surface area contributed by atoms with Gasteiger partial charge in [-0.2, -0.15) is 0 Å². The average Bonchev–Trinajstić information content (AvgIpc) is 3.15. The van der Waals surface area contributed by atoms with Gasteiger partial charge in [0.15, 0.2) is 0 Å². The molecule has 0 spiro atoms. The quantitative estimate of drug-likeness (QED) is 0.312. The summed E-state index contributed by atoms with van der Waals surface area (Å²) in [4.78, 5) is 14.5. The number of nitrogens with zero attached hydrogens (tertiary/aromatic N) is 1. The van der Waals surface area contributed by atoms with Crippen LogP contribution in [0.1, 0.15) is 24.5 Å². The van der Waals surface area contributed by atoms with E-state index in [9.17, 15) is 4.79 Å². The summed E-state index contributed by atoms with van der Waals surface area (Å²) in [7, 11) is 5.64. The summed E-state index contributed by atoms with van der Waals surface area (Å²) in [6.07, 6.45) is 4.18. The van der Waals surface area contributed by atoms with E-state index in [1.54, 1.807) is 31.6 Å². The number of carbonyl (C=O) groups excluding carboxylic acids is 1. The largest absolute Gasteiger partial charge is 0.496 e. The van der Waals surface area contributed by atoms with Crippen LogP contribution in [0.3, 0.4) is 0 Å². The molecule has 1 amide bonds. The first-order valence-corrected chi connectivity index (χ1v) is 11.1. The molecule has 1 aromatic heterocycles. The Labute approximate surface area is 198 Å². The van der Waals surface area contributed by atoms with Crippen LogP contribution < -0.4 is 10.1 Å². The van der Waals surface area contributed by atoms with Crippen LogP contribution in [0.25, 0.3) is 27.7 Å². The maximum Gasteiger partial charge on any atom is 0.244 e. The third-order valence-corrected chi connectivity index (χ3v) is 5.87. The molecule has 0 fully saturated rings. The molecule has 1 heterocycles. The highest BCUT2D eigenvalue weighted by Gasteiger charge is 2.20. The van der Waals surface area contributed by atoms with Crippen molar-refractivity contribution in [2.75, 3.05) is 34.3 Å². The maximum absolute atomic E-state index is 12.4. The molecular weight excluding hydrogens is 447 g/mol. The van der Waals surface area contributed by atoms with Gasteiger partial charge in [0.25, 0.3) is 0 Å². The minimum Gasteiger partial charge on any atom is -0.496 e. The zero-order valence-electron chi connectivity index (χ0n) is 19.0. The van der Waals surface area contributed by atoms with Crippen molar-refractivity contribution in [2.45, 2.75) is 20.3 Å². The second-order valence-corrected chi connectivity index (χ2v) is 8.85. The van der Waals surface area contributed by atoms with Gasteiger partial charge in [0, 0.05) is 45.3 Å². The maximum atomic E-state index is 12.4. The molecule has 0 aliphatic carbocycles. The topological polar surface area (TPSA) is 54.7 Å². The lowest BCUT2D eigenvalue weighted by Crippen LogP contribution is -2.25. The minimum atomic E-state index is -0.130. The lowest BCUT2D eigenvalue weighted by atomic mass is 9.96. The molecule has 0 atom stereocenters. The summed E-state index contributed by atoms with van der Waals surface area (Å²) in [5.74, 6) is 0.545. The van der Waals surface area contributed by atoms with E-state index in [0.717, 1.165) is 46.2 Å². The van der Waals surface area contributed by atoms with E-state index in [2.05, 4.69) is 10.2 Å². The number of fused-ring (bicyclic) bond motifs is 1. The number of rotatable bonds is 8. The Balaban J connectivity index is 2.00. The van der Waals surface area contributed by atoms with Crippen LogP contribution in [0.5, 0.6) is 5.75 Å². The van der Waals surface area contributed by atoms with Gasteiger partial charge in [0.05, 0.1) is 18.4 Å². The molecule has 5 nitrogen and oxygen atoms in total. The number of allylic oxidation sites excluding steroid dienone is 1. The van der Waals surface area contributed by atoms with Crippen molar-refractivity contribution in [1.29, 1.82) is 0 Å². The molecule has 0 radical (unpaired) electrons. The highest BCUT2D eigenvalue weighted by Crippen LogP contribution is 2.42. The first kappa shape index (κ1) is 24.2. The van der Waals surface area contributed by atoms with Gasteiger partial charge in [-0.15, -0.1) is 0 Å². The molecule has 32 heavy (non-hydrogen) atoms. The van der Waals surface area contributed by atoms with Crippen molar-refractivity contribution in [3.8, 4) is 16.9 Å². The minimum absolute atomic E-state index is 0.130. The number of nitrogens with one attached hydrogen (secondary N) is 1. The number of aryl methyl sites for hydroxylation is 1. The Morgan fingerprint density at radius 3 is 2.62 bits per heavy atom. The Kier molecular flexibility index (Phi) is 7.88. The molecule has 0 aliphatic rings. The van der Waals surface area contributed by atoms with Gasteiger partial charge in [-0.05, 0) is 64.7 Å². The second kappa shape index (κ2) is 10.4. The molecule has 2 aromatic carbocycles. The number of ether oxygens (including phenoxy) is 1. The fourth-order valence-electron chi connectivity index (χ4n) is 3.72. The monoisotopic (exact) mass is 474 g/mol. The van der Waals surface area contributed by atoms with Gasteiger partial charge in [-0.25, -0.2) is 0 Å². The summed E-state index contributed by atoms with van der Waals surface area (Å²) in [5.41, 5.74) is 4.88. The third-order valence-electron chi connectivity index (χ3n) is 5.32. The van der Waals surface area contributed by atoms with Gasteiger partial charge in [0.1, 0.15) is 11.3 Å². The zero-order valence-corrected chi connectivity index (χ0v) is 20.5. The number of carbonyl (C=O) groups is 1. The zero-order chi connectivity index (χ0) is 23.4. The number of hydrogen-bond donors (Lipinski definition) is 1. The van der Waals surface area contributed by atoms with Gasteiger partial charge in [-0.3, -0.25) is 4.79 Å². The highest BCUT2D eigenvalue weighted by atomic mass is 35.5. The Morgan fingerprint density at radius 2 is 1.97 bits per heavy atom. The standard InChI is InChI=1S/C25H28Cl2N2O3/c1-15(11-23(30)28-9-6-10-29(3)4)19-13-20-21(18-8-7-17(26)12-22(18)27)14-32-25(20)16(2)24(19)31-5/h7-8,11-14H,6,9-10H2,1-5H3,(H,28,30)/b15-11+. The summed E-state index contributed by atoms with van der Waals surface area (Å²) in [6.45, 7) is 5.38.